The van der Waals surface area contributed by atoms with Crippen molar-refractivity contribution in [1.29, 1.82) is 0 Å². The van der Waals surface area contributed by atoms with Gasteiger partial charge in [0.2, 0.25) is 0 Å². The number of hydrogen-bond acceptors (Lipinski definition) is 5. The third kappa shape index (κ3) is 4.54. The Morgan fingerprint density at radius 3 is 2.35 bits per heavy atom. The molecule has 5 nitrogen and oxygen atoms in total. The zero-order valence-corrected chi connectivity index (χ0v) is 14.3. The van der Waals surface area contributed by atoms with Gasteiger partial charge in [-0.05, 0) is 24.5 Å². The maximum atomic E-state index is 13.5. The van der Waals surface area contributed by atoms with E-state index in [2.05, 4.69) is 4.18 Å². The first-order chi connectivity index (χ1) is 12.1. The second-order valence-electron chi connectivity index (χ2n) is 5.83. The van der Waals surface area contributed by atoms with Gasteiger partial charge < -0.3 is 8.92 Å². The lowest BCUT2D eigenvalue weighted by Gasteiger charge is -2.31. The standard InChI is InChI=1S/C16H16F4O5S/c17-11-15(14(21)24-10-12-4-2-1-3-5-12)8-6-13(7-9-15)25-26(22,23)16(18,19)20/h1-6H,7-11H2. The average Bonchev–Trinajstić information content (AvgIpc) is 2.60. The molecule has 1 unspecified atom stereocenters. The highest BCUT2D eigenvalue weighted by atomic mass is 32.2. The maximum absolute atomic E-state index is 13.5. The van der Waals surface area contributed by atoms with Crippen molar-refractivity contribution in [2.75, 3.05) is 6.67 Å². The summed E-state index contributed by atoms with van der Waals surface area (Å²) in [6.45, 7) is -1.16. The van der Waals surface area contributed by atoms with Crippen molar-refractivity contribution in [2.45, 2.75) is 31.4 Å². The number of allylic oxidation sites excluding steroid dienone is 2. The molecule has 0 amide bonds. The molecule has 0 aliphatic heterocycles. The Balaban J connectivity index is 2.03. The Bertz CT molecular complexity index is 774. The molecule has 0 saturated carbocycles. The molecule has 0 saturated heterocycles. The van der Waals surface area contributed by atoms with Crippen molar-refractivity contribution in [3.63, 3.8) is 0 Å². The van der Waals surface area contributed by atoms with E-state index in [0.717, 1.165) is 6.08 Å². The Labute approximate surface area is 147 Å². The summed E-state index contributed by atoms with van der Waals surface area (Å²) in [5.41, 5.74) is -6.43. The number of ether oxygens (including phenoxy) is 1. The minimum absolute atomic E-state index is 0.0725. The molecule has 10 heteroatoms. The van der Waals surface area contributed by atoms with Crippen molar-refractivity contribution >= 4 is 16.1 Å². The normalized spacial score (nSPS) is 21.0. The summed E-state index contributed by atoms with van der Waals surface area (Å²) in [5.74, 6) is -1.31. The third-order valence-corrected chi connectivity index (χ3v) is 4.97. The van der Waals surface area contributed by atoms with Crippen LogP contribution in [0.3, 0.4) is 0 Å². The van der Waals surface area contributed by atoms with Crippen molar-refractivity contribution < 1.29 is 39.7 Å². The number of carbonyl (C=O) groups excluding carboxylic acids is 1. The molecule has 1 atom stereocenters. The first-order valence-corrected chi connectivity index (χ1v) is 8.97. The van der Waals surface area contributed by atoms with Gasteiger partial charge in [0.1, 0.15) is 24.5 Å². The lowest BCUT2D eigenvalue weighted by atomic mass is 9.77. The monoisotopic (exact) mass is 396 g/mol. The van der Waals surface area contributed by atoms with Crippen LogP contribution in [0.1, 0.15) is 24.8 Å². The van der Waals surface area contributed by atoms with Crippen molar-refractivity contribution in [1.82, 2.24) is 0 Å². The molecule has 1 aromatic rings. The van der Waals surface area contributed by atoms with Crippen LogP contribution in [0, 0.1) is 5.41 Å². The van der Waals surface area contributed by atoms with Gasteiger partial charge in [-0.2, -0.15) is 21.6 Å². The fourth-order valence-electron chi connectivity index (χ4n) is 2.38. The van der Waals surface area contributed by atoms with Gasteiger partial charge in [0.15, 0.2) is 0 Å². The van der Waals surface area contributed by atoms with Gasteiger partial charge in [-0.15, -0.1) is 0 Å². The molecule has 0 fully saturated rings. The van der Waals surface area contributed by atoms with Crippen molar-refractivity contribution in [3.8, 4) is 0 Å². The summed E-state index contributed by atoms with van der Waals surface area (Å²) >= 11 is 0. The van der Waals surface area contributed by atoms with Crippen LogP contribution in [0.2, 0.25) is 0 Å². The highest BCUT2D eigenvalue weighted by Crippen LogP contribution is 2.39. The summed E-state index contributed by atoms with van der Waals surface area (Å²) in [6.07, 6.45) is 0.103. The van der Waals surface area contributed by atoms with E-state index in [1.165, 1.54) is 0 Å². The Hall–Kier alpha value is -2.10. The van der Waals surface area contributed by atoms with E-state index in [1.807, 2.05) is 0 Å². The molecule has 1 aliphatic carbocycles. The molecular weight excluding hydrogens is 380 g/mol. The van der Waals surface area contributed by atoms with Gasteiger partial charge in [-0.3, -0.25) is 4.79 Å². The number of esters is 1. The van der Waals surface area contributed by atoms with Crippen LogP contribution in [0.25, 0.3) is 0 Å². The van der Waals surface area contributed by atoms with Gasteiger partial charge in [-0.1, -0.05) is 30.3 Å². The number of benzene rings is 1. The Kier molecular flexibility index (Phi) is 5.94. The van der Waals surface area contributed by atoms with Gasteiger partial charge >= 0.3 is 21.6 Å². The molecule has 2 rings (SSSR count). The highest BCUT2D eigenvalue weighted by molar-refractivity contribution is 7.87. The van der Waals surface area contributed by atoms with Crippen molar-refractivity contribution in [3.05, 3.63) is 47.7 Å². The largest absolute Gasteiger partial charge is 0.534 e. The van der Waals surface area contributed by atoms with E-state index in [0.29, 0.717) is 5.56 Å². The van der Waals surface area contributed by atoms with E-state index in [-0.39, 0.29) is 25.9 Å². The van der Waals surface area contributed by atoms with Crippen LogP contribution >= 0.6 is 0 Å². The van der Waals surface area contributed by atoms with Gasteiger partial charge in [0, 0.05) is 6.42 Å². The molecular formula is C16H16F4O5S. The van der Waals surface area contributed by atoms with Crippen LogP contribution in [-0.2, 0) is 30.4 Å². The summed E-state index contributed by atoms with van der Waals surface area (Å²) in [6, 6.07) is 8.68. The number of carbonyl (C=O) groups is 1. The summed E-state index contributed by atoms with van der Waals surface area (Å²) < 4.78 is 81.6. The maximum Gasteiger partial charge on any atom is 0.534 e. The van der Waals surface area contributed by atoms with Crippen LogP contribution in [0.4, 0.5) is 17.6 Å². The molecule has 26 heavy (non-hydrogen) atoms. The van der Waals surface area contributed by atoms with Crippen LogP contribution in [0.15, 0.2) is 42.2 Å². The van der Waals surface area contributed by atoms with Gasteiger partial charge in [0.25, 0.3) is 0 Å². The SMILES string of the molecule is O=C(OCc1ccccc1)C1(CF)CC=C(OS(=O)(=O)C(F)(F)F)CC1. The molecule has 144 valence electrons. The third-order valence-electron chi connectivity index (χ3n) is 3.97. The number of rotatable bonds is 6. The first-order valence-electron chi connectivity index (χ1n) is 7.56. The molecule has 0 aromatic heterocycles. The van der Waals surface area contributed by atoms with E-state index in [1.54, 1.807) is 30.3 Å². The zero-order chi connectivity index (χ0) is 19.4. The van der Waals surface area contributed by atoms with Crippen LogP contribution in [-0.4, -0.2) is 26.6 Å². The first kappa shape index (κ1) is 20.2. The second-order valence-corrected chi connectivity index (χ2v) is 7.37. The highest BCUT2D eigenvalue weighted by Gasteiger charge is 2.50. The summed E-state index contributed by atoms with van der Waals surface area (Å²) in [4.78, 5) is 12.2. The minimum atomic E-state index is -5.79. The number of halogens is 4. The lowest BCUT2D eigenvalue weighted by molar-refractivity contribution is -0.159. The lowest BCUT2D eigenvalue weighted by Crippen LogP contribution is -2.37. The molecule has 1 aliphatic rings. The summed E-state index contributed by atoms with van der Waals surface area (Å²) in [7, 11) is -5.79. The Morgan fingerprint density at radius 2 is 1.85 bits per heavy atom. The number of alkyl halides is 4. The fourth-order valence-corrected chi connectivity index (χ4v) is 2.90. The number of hydrogen-bond donors (Lipinski definition) is 0. The molecule has 0 bridgehead atoms. The Morgan fingerprint density at radius 1 is 1.19 bits per heavy atom. The fraction of sp³-hybridized carbons (Fsp3) is 0.438. The second kappa shape index (κ2) is 7.65. The predicted molar refractivity (Wildman–Crippen MR) is 82.6 cm³/mol. The van der Waals surface area contributed by atoms with E-state index in [4.69, 9.17) is 4.74 Å². The minimum Gasteiger partial charge on any atom is -0.460 e. The smallest absolute Gasteiger partial charge is 0.460 e. The van der Waals surface area contributed by atoms with Crippen LogP contribution in [0.5, 0.6) is 0 Å². The molecule has 0 N–H and O–H groups in total. The molecule has 0 radical (unpaired) electrons. The van der Waals surface area contributed by atoms with Crippen LogP contribution < -0.4 is 0 Å². The van der Waals surface area contributed by atoms with E-state index < -0.39 is 39.4 Å². The van der Waals surface area contributed by atoms with E-state index >= 15 is 0 Å². The van der Waals surface area contributed by atoms with Gasteiger partial charge in [0.05, 0.1) is 0 Å². The molecule has 0 heterocycles. The summed E-state index contributed by atoms with van der Waals surface area (Å²) in [5, 5.41) is 0. The molecule has 0 spiro atoms. The van der Waals surface area contributed by atoms with E-state index in [9.17, 15) is 30.8 Å². The topological polar surface area (TPSA) is 69.7 Å². The zero-order valence-electron chi connectivity index (χ0n) is 13.5. The van der Waals surface area contributed by atoms with Crippen molar-refractivity contribution in [2.24, 2.45) is 5.41 Å². The predicted octanol–water partition coefficient (Wildman–Crippen LogP) is 3.62. The molecule has 1 aromatic carbocycles. The van der Waals surface area contributed by atoms with Gasteiger partial charge in [-0.25, -0.2) is 4.39 Å². The quantitative estimate of drug-likeness (QED) is 0.318. The average molecular weight is 396 g/mol.